The number of hydrogen-bond donors (Lipinski definition) is 0. The van der Waals surface area contributed by atoms with E-state index in [2.05, 4.69) is 15.0 Å². The van der Waals surface area contributed by atoms with Crippen LogP contribution in [0.25, 0.3) is 21.1 Å². The molecule has 0 fully saturated rings. The minimum absolute atomic E-state index is 0.448. The second-order valence-electron chi connectivity index (χ2n) is 4.78. The van der Waals surface area contributed by atoms with Gasteiger partial charge in [-0.15, -0.1) is 0 Å². The Kier molecular flexibility index (Phi) is 3.33. The second kappa shape index (κ2) is 5.48. The summed E-state index contributed by atoms with van der Waals surface area (Å²) >= 11 is 7.78. The normalized spacial score (nSPS) is 11.7. The minimum atomic E-state index is 0.448. The van der Waals surface area contributed by atoms with E-state index in [4.69, 9.17) is 11.6 Å². The first-order chi connectivity index (χ1) is 10.8. The van der Waals surface area contributed by atoms with Gasteiger partial charge in [-0.25, -0.2) is 15.0 Å². The van der Waals surface area contributed by atoms with Gasteiger partial charge in [0.05, 0.1) is 15.7 Å². The lowest BCUT2D eigenvalue weighted by molar-refractivity contribution is 1.38. The zero-order valence-electron chi connectivity index (χ0n) is 11.4. The number of nitrogens with zero attached hydrogens (tertiary/aromatic N) is 3. The summed E-state index contributed by atoms with van der Waals surface area (Å²) in [5.41, 5.74) is 2.63. The number of aromatic nitrogens is 2. The lowest BCUT2D eigenvalue weighted by Gasteiger charge is -2.00. The quantitative estimate of drug-likeness (QED) is 0.373. The fourth-order valence-corrected chi connectivity index (χ4v) is 3.24. The third kappa shape index (κ3) is 2.47. The Labute approximate surface area is 135 Å². The first-order valence-electron chi connectivity index (χ1n) is 6.74. The van der Waals surface area contributed by atoms with Gasteiger partial charge in [0.2, 0.25) is 5.13 Å². The van der Waals surface area contributed by atoms with Gasteiger partial charge in [0, 0.05) is 17.2 Å². The van der Waals surface area contributed by atoms with Gasteiger partial charge in [-0.2, -0.15) is 0 Å². The Morgan fingerprint density at radius 3 is 2.59 bits per heavy atom. The van der Waals surface area contributed by atoms with E-state index >= 15 is 0 Å². The predicted molar refractivity (Wildman–Crippen MR) is 93.6 cm³/mol. The van der Waals surface area contributed by atoms with E-state index in [1.807, 2.05) is 54.6 Å². The molecule has 0 saturated heterocycles. The topological polar surface area (TPSA) is 38.1 Å². The van der Waals surface area contributed by atoms with Crippen molar-refractivity contribution in [2.24, 2.45) is 4.99 Å². The van der Waals surface area contributed by atoms with Crippen molar-refractivity contribution in [1.29, 1.82) is 0 Å². The zero-order valence-corrected chi connectivity index (χ0v) is 13.0. The number of rotatable bonds is 2. The molecule has 0 saturated carbocycles. The molecule has 0 radical (unpaired) electrons. The molecule has 0 aliphatic rings. The first kappa shape index (κ1) is 13.4. The molecule has 2 aromatic heterocycles. The fourth-order valence-electron chi connectivity index (χ4n) is 2.24. The van der Waals surface area contributed by atoms with Crippen molar-refractivity contribution in [3.8, 4) is 0 Å². The van der Waals surface area contributed by atoms with Crippen LogP contribution in [-0.4, -0.2) is 16.2 Å². The molecule has 4 rings (SSSR count). The summed E-state index contributed by atoms with van der Waals surface area (Å²) in [5.74, 6) is 0. The van der Waals surface area contributed by atoms with Gasteiger partial charge in [-0.1, -0.05) is 53.3 Å². The maximum Gasteiger partial charge on any atom is 0.210 e. The Hall–Kier alpha value is -2.30. The van der Waals surface area contributed by atoms with E-state index in [1.54, 1.807) is 17.6 Å². The smallest absolute Gasteiger partial charge is 0.210 e. The van der Waals surface area contributed by atoms with Crippen LogP contribution in [0.3, 0.4) is 0 Å². The van der Waals surface area contributed by atoms with Crippen molar-refractivity contribution in [2.45, 2.75) is 0 Å². The molecular weight excluding hydrogens is 314 g/mol. The van der Waals surface area contributed by atoms with Crippen molar-refractivity contribution < 1.29 is 0 Å². The number of thiazole rings is 1. The van der Waals surface area contributed by atoms with E-state index in [0.29, 0.717) is 10.3 Å². The maximum absolute atomic E-state index is 6.23. The summed E-state index contributed by atoms with van der Waals surface area (Å²) in [6.45, 7) is 0. The molecule has 0 N–H and O–H groups in total. The van der Waals surface area contributed by atoms with Crippen molar-refractivity contribution in [1.82, 2.24) is 9.97 Å². The molecular formula is C17H10ClN3S. The van der Waals surface area contributed by atoms with Gasteiger partial charge in [-0.3, -0.25) is 0 Å². The van der Waals surface area contributed by atoms with Gasteiger partial charge < -0.3 is 0 Å². The molecule has 0 atom stereocenters. The summed E-state index contributed by atoms with van der Waals surface area (Å²) in [5, 5.41) is 2.20. The Bertz CT molecular complexity index is 974. The van der Waals surface area contributed by atoms with E-state index in [1.165, 1.54) is 0 Å². The summed E-state index contributed by atoms with van der Waals surface area (Å²) in [4.78, 5) is 13.3. The first-order valence-corrected chi connectivity index (χ1v) is 7.94. The lowest BCUT2D eigenvalue weighted by Crippen LogP contribution is -1.88. The third-order valence-electron chi connectivity index (χ3n) is 3.30. The molecule has 5 heteroatoms. The standard InChI is InChI=1S/C17H10ClN3S/c18-16-12(9-11-5-1-2-6-13(11)20-16)10-19-17-21-14-7-3-4-8-15(14)22-17/h1-10H. The summed E-state index contributed by atoms with van der Waals surface area (Å²) in [6.07, 6.45) is 1.72. The largest absolute Gasteiger partial charge is 0.235 e. The highest BCUT2D eigenvalue weighted by Crippen LogP contribution is 2.28. The summed E-state index contributed by atoms with van der Waals surface area (Å²) in [6, 6.07) is 17.8. The third-order valence-corrected chi connectivity index (χ3v) is 4.55. The molecule has 0 aliphatic heterocycles. The van der Waals surface area contributed by atoms with Crippen LogP contribution in [0, 0.1) is 0 Å². The fraction of sp³-hybridized carbons (Fsp3) is 0. The zero-order chi connectivity index (χ0) is 14.9. The highest BCUT2D eigenvalue weighted by molar-refractivity contribution is 7.22. The number of pyridine rings is 1. The van der Waals surface area contributed by atoms with Crippen molar-refractivity contribution in [3.63, 3.8) is 0 Å². The summed E-state index contributed by atoms with van der Waals surface area (Å²) in [7, 11) is 0. The number of hydrogen-bond acceptors (Lipinski definition) is 4. The molecule has 0 spiro atoms. The number of halogens is 1. The molecule has 3 nitrogen and oxygen atoms in total. The maximum atomic E-state index is 6.23. The van der Waals surface area contributed by atoms with Crippen LogP contribution >= 0.6 is 22.9 Å². The van der Waals surface area contributed by atoms with Crippen LogP contribution in [0.2, 0.25) is 5.15 Å². The Morgan fingerprint density at radius 1 is 0.955 bits per heavy atom. The van der Waals surface area contributed by atoms with Crippen LogP contribution in [0.4, 0.5) is 5.13 Å². The number of fused-ring (bicyclic) bond motifs is 2. The SMILES string of the molecule is Clc1nc2ccccc2cc1C=Nc1nc2ccccc2s1. The molecule has 22 heavy (non-hydrogen) atoms. The van der Waals surface area contributed by atoms with Gasteiger partial charge in [0.25, 0.3) is 0 Å². The molecule has 4 aromatic rings. The molecule has 0 bridgehead atoms. The highest BCUT2D eigenvalue weighted by atomic mass is 35.5. The average Bonchev–Trinajstić information content (AvgIpc) is 2.95. The average molecular weight is 324 g/mol. The predicted octanol–water partition coefficient (Wildman–Crippen LogP) is 5.25. The molecule has 106 valence electrons. The van der Waals surface area contributed by atoms with E-state index < -0.39 is 0 Å². The van der Waals surface area contributed by atoms with E-state index in [0.717, 1.165) is 26.7 Å². The molecule has 0 aliphatic carbocycles. The molecule has 2 aromatic carbocycles. The van der Waals surface area contributed by atoms with Gasteiger partial charge in [0.15, 0.2) is 0 Å². The van der Waals surface area contributed by atoms with E-state index in [-0.39, 0.29) is 0 Å². The minimum Gasteiger partial charge on any atom is -0.235 e. The van der Waals surface area contributed by atoms with Crippen molar-refractivity contribution >= 4 is 55.4 Å². The van der Waals surface area contributed by atoms with Gasteiger partial charge in [-0.05, 0) is 24.3 Å². The van der Waals surface area contributed by atoms with Crippen LogP contribution < -0.4 is 0 Å². The van der Waals surface area contributed by atoms with Crippen LogP contribution in [-0.2, 0) is 0 Å². The molecule has 0 amide bonds. The Balaban J connectivity index is 1.74. The number of benzene rings is 2. The summed E-state index contributed by atoms with van der Waals surface area (Å²) < 4.78 is 1.12. The van der Waals surface area contributed by atoms with Crippen molar-refractivity contribution in [2.75, 3.05) is 0 Å². The van der Waals surface area contributed by atoms with Crippen molar-refractivity contribution in [3.05, 3.63) is 65.3 Å². The Morgan fingerprint density at radius 2 is 1.73 bits per heavy atom. The van der Waals surface area contributed by atoms with Crippen LogP contribution in [0.1, 0.15) is 5.56 Å². The number of aliphatic imine (C=N–C) groups is 1. The van der Waals surface area contributed by atoms with E-state index in [9.17, 15) is 0 Å². The van der Waals surface area contributed by atoms with Crippen LogP contribution in [0.5, 0.6) is 0 Å². The van der Waals surface area contributed by atoms with Crippen LogP contribution in [0.15, 0.2) is 59.6 Å². The lowest BCUT2D eigenvalue weighted by atomic mass is 10.2. The van der Waals surface area contributed by atoms with Gasteiger partial charge >= 0.3 is 0 Å². The van der Waals surface area contributed by atoms with Gasteiger partial charge in [0.1, 0.15) is 5.15 Å². The molecule has 2 heterocycles. The molecule has 0 unspecified atom stereocenters. The highest BCUT2D eigenvalue weighted by Gasteiger charge is 2.04. The second-order valence-corrected chi connectivity index (χ2v) is 6.15. The monoisotopic (exact) mass is 323 g/mol. The number of para-hydroxylation sites is 2.